The van der Waals surface area contributed by atoms with Gasteiger partial charge in [-0.3, -0.25) is 4.79 Å². The van der Waals surface area contributed by atoms with Gasteiger partial charge in [0.25, 0.3) is 0 Å². The van der Waals surface area contributed by atoms with Crippen LogP contribution >= 0.6 is 0 Å². The van der Waals surface area contributed by atoms with E-state index in [0.717, 1.165) is 37.4 Å². The van der Waals surface area contributed by atoms with Crippen LogP contribution < -0.4 is 0 Å². The number of hydrogen-bond acceptors (Lipinski definition) is 5. The van der Waals surface area contributed by atoms with Crippen LogP contribution in [-0.4, -0.2) is 40.7 Å². The van der Waals surface area contributed by atoms with E-state index < -0.39 is 5.97 Å². The summed E-state index contributed by atoms with van der Waals surface area (Å²) in [7, 11) is 0. The molecule has 2 aromatic rings. The molecule has 1 aromatic carbocycles. The van der Waals surface area contributed by atoms with Crippen molar-refractivity contribution in [2.24, 2.45) is 0 Å². The molecule has 0 saturated carbocycles. The Kier molecular flexibility index (Phi) is 5.65. The maximum Gasteiger partial charge on any atom is 0.342 e. The number of rotatable bonds is 6. The molecule has 1 aliphatic rings. The molecular weight excluding hydrogens is 346 g/mol. The molecule has 2 heterocycles. The molecule has 6 nitrogen and oxygen atoms in total. The summed E-state index contributed by atoms with van der Waals surface area (Å²) in [6.45, 7) is 6.69. The molecule has 1 aliphatic heterocycles. The fourth-order valence-electron chi connectivity index (χ4n) is 3.47. The summed E-state index contributed by atoms with van der Waals surface area (Å²) >= 11 is 0. The van der Waals surface area contributed by atoms with Crippen LogP contribution in [0.25, 0.3) is 0 Å². The number of aromatic nitrogens is 1. The predicted octanol–water partition coefficient (Wildman–Crippen LogP) is 3.34. The SMILES string of the molecule is Cc1cccc(C(=O)OCC(=O)c2cc(C)n(C[C@@H]3CCCO3)c2C)c1O. The van der Waals surface area contributed by atoms with Gasteiger partial charge in [0, 0.05) is 30.1 Å². The van der Waals surface area contributed by atoms with E-state index in [2.05, 4.69) is 4.57 Å². The zero-order chi connectivity index (χ0) is 19.6. The number of aryl methyl sites for hydroxylation is 2. The monoisotopic (exact) mass is 371 g/mol. The summed E-state index contributed by atoms with van der Waals surface area (Å²) in [6.07, 6.45) is 2.27. The van der Waals surface area contributed by atoms with Crippen LogP contribution in [0.4, 0.5) is 0 Å². The summed E-state index contributed by atoms with van der Waals surface area (Å²) in [5.74, 6) is -1.09. The molecule has 144 valence electrons. The van der Waals surface area contributed by atoms with Crippen molar-refractivity contribution in [1.29, 1.82) is 0 Å². The number of carbonyl (C=O) groups is 2. The molecule has 0 amide bonds. The van der Waals surface area contributed by atoms with Crippen molar-refractivity contribution in [2.75, 3.05) is 13.2 Å². The summed E-state index contributed by atoms with van der Waals surface area (Å²) in [5, 5.41) is 9.97. The van der Waals surface area contributed by atoms with Crippen molar-refractivity contribution < 1.29 is 24.2 Å². The first-order valence-corrected chi connectivity index (χ1v) is 9.15. The summed E-state index contributed by atoms with van der Waals surface area (Å²) in [6, 6.07) is 6.65. The number of phenolic OH excluding ortho intramolecular Hbond substituents is 1. The average molecular weight is 371 g/mol. The molecule has 0 bridgehead atoms. The largest absolute Gasteiger partial charge is 0.507 e. The van der Waals surface area contributed by atoms with Crippen molar-refractivity contribution in [3.8, 4) is 5.75 Å². The zero-order valence-corrected chi connectivity index (χ0v) is 15.9. The fraction of sp³-hybridized carbons (Fsp3) is 0.429. The normalized spacial score (nSPS) is 16.5. The van der Waals surface area contributed by atoms with Crippen molar-refractivity contribution in [1.82, 2.24) is 4.57 Å². The lowest BCUT2D eigenvalue weighted by Gasteiger charge is -2.14. The maximum atomic E-state index is 12.6. The molecule has 1 atom stereocenters. The van der Waals surface area contributed by atoms with Crippen LogP contribution in [0.1, 0.15) is 50.5 Å². The summed E-state index contributed by atoms with van der Waals surface area (Å²) in [5.41, 5.74) is 3.02. The molecule has 1 fully saturated rings. The molecule has 1 aromatic heterocycles. The Morgan fingerprint density at radius 1 is 1.26 bits per heavy atom. The molecule has 3 rings (SSSR count). The lowest BCUT2D eigenvalue weighted by Crippen LogP contribution is -2.18. The van der Waals surface area contributed by atoms with E-state index in [9.17, 15) is 14.7 Å². The molecule has 0 spiro atoms. The van der Waals surface area contributed by atoms with Gasteiger partial charge in [-0.15, -0.1) is 0 Å². The zero-order valence-electron chi connectivity index (χ0n) is 15.9. The van der Waals surface area contributed by atoms with Gasteiger partial charge in [-0.05, 0) is 51.3 Å². The topological polar surface area (TPSA) is 77.8 Å². The van der Waals surface area contributed by atoms with Gasteiger partial charge in [-0.2, -0.15) is 0 Å². The van der Waals surface area contributed by atoms with Crippen molar-refractivity contribution in [2.45, 2.75) is 46.3 Å². The van der Waals surface area contributed by atoms with Gasteiger partial charge in [0.15, 0.2) is 6.61 Å². The fourth-order valence-corrected chi connectivity index (χ4v) is 3.47. The van der Waals surface area contributed by atoms with Crippen molar-refractivity contribution >= 4 is 11.8 Å². The number of para-hydroxylation sites is 1. The minimum absolute atomic E-state index is 0.0617. The van der Waals surface area contributed by atoms with Gasteiger partial charge in [-0.25, -0.2) is 4.79 Å². The second-order valence-electron chi connectivity index (χ2n) is 7.00. The third-order valence-electron chi connectivity index (χ3n) is 5.08. The Hall–Kier alpha value is -2.60. The lowest BCUT2D eigenvalue weighted by atomic mass is 10.1. The number of phenols is 1. The number of benzene rings is 1. The van der Waals surface area contributed by atoms with Gasteiger partial charge >= 0.3 is 5.97 Å². The van der Waals surface area contributed by atoms with Gasteiger partial charge in [0.2, 0.25) is 5.78 Å². The first-order valence-electron chi connectivity index (χ1n) is 9.15. The predicted molar refractivity (Wildman–Crippen MR) is 100 cm³/mol. The molecule has 0 aliphatic carbocycles. The smallest absolute Gasteiger partial charge is 0.342 e. The number of nitrogens with zero attached hydrogens (tertiary/aromatic N) is 1. The Balaban J connectivity index is 1.67. The van der Waals surface area contributed by atoms with Crippen molar-refractivity contribution in [3.63, 3.8) is 0 Å². The minimum atomic E-state index is -0.710. The number of carbonyl (C=O) groups excluding carboxylic acids is 2. The van der Waals surface area contributed by atoms with E-state index in [4.69, 9.17) is 9.47 Å². The number of hydrogen-bond donors (Lipinski definition) is 1. The second-order valence-corrected chi connectivity index (χ2v) is 7.00. The van der Waals surface area contributed by atoms with Gasteiger partial charge in [0.05, 0.1) is 6.10 Å². The van der Waals surface area contributed by atoms with Crippen molar-refractivity contribution in [3.05, 3.63) is 52.3 Å². The number of ether oxygens (including phenoxy) is 2. The summed E-state index contributed by atoms with van der Waals surface area (Å²) in [4.78, 5) is 24.8. The molecule has 6 heteroatoms. The molecule has 0 radical (unpaired) electrons. The van der Waals surface area contributed by atoms with Crippen LogP contribution in [0, 0.1) is 20.8 Å². The van der Waals surface area contributed by atoms with Crippen LogP contribution in [0.5, 0.6) is 5.75 Å². The molecule has 27 heavy (non-hydrogen) atoms. The third kappa shape index (κ3) is 4.06. The minimum Gasteiger partial charge on any atom is -0.507 e. The Bertz CT molecular complexity index is 862. The number of esters is 1. The van der Waals surface area contributed by atoms with E-state index in [1.165, 1.54) is 6.07 Å². The Labute approximate surface area is 158 Å². The summed E-state index contributed by atoms with van der Waals surface area (Å²) < 4.78 is 12.9. The highest BCUT2D eigenvalue weighted by Crippen LogP contribution is 2.23. The van der Waals surface area contributed by atoms with Crippen LogP contribution in [0.3, 0.4) is 0 Å². The average Bonchev–Trinajstić information content (AvgIpc) is 3.25. The standard InChI is InChI=1S/C21H25NO5/c1-13-6-4-8-17(20(13)24)21(25)27-12-19(23)18-10-14(2)22(15(18)3)11-16-7-5-9-26-16/h4,6,8,10,16,24H,5,7,9,11-12H2,1-3H3/t16-/m0/s1. The second kappa shape index (κ2) is 7.96. The lowest BCUT2D eigenvalue weighted by molar-refractivity contribution is 0.0471. The highest BCUT2D eigenvalue weighted by atomic mass is 16.5. The first kappa shape index (κ1) is 19.2. The van der Waals surface area contributed by atoms with E-state index in [0.29, 0.717) is 11.1 Å². The Morgan fingerprint density at radius 2 is 2.04 bits per heavy atom. The molecule has 0 unspecified atom stereocenters. The quantitative estimate of drug-likeness (QED) is 0.622. The van der Waals surface area contributed by atoms with E-state index >= 15 is 0 Å². The first-order chi connectivity index (χ1) is 12.9. The Morgan fingerprint density at radius 3 is 2.74 bits per heavy atom. The van der Waals surface area contributed by atoms with E-state index in [1.807, 2.05) is 19.9 Å². The van der Waals surface area contributed by atoms with Gasteiger partial charge in [-0.1, -0.05) is 12.1 Å². The number of Topliss-reactive ketones (excluding diaryl/α,β-unsaturated/α-hetero) is 1. The van der Waals surface area contributed by atoms with Gasteiger partial charge < -0.3 is 19.1 Å². The van der Waals surface area contributed by atoms with E-state index in [1.54, 1.807) is 19.1 Å². The van der Waals surface area contributed by atoms with Crippen LogP contribution in [-0.2, 0) is 16.0 Å². The third-order valence-corrected chi connectivity index (χ3v) is 5.08. The van der Waals surface area contributed by atoms with Gasteiger partial charge in [0.1, 0.15) is 11.3 Å². The number of aromatic hydroxyl groups is 1. The number of ketones is 1. The molecular formula is C21H25NO5. The molecule has 1 saturated heterocycles. The van der Waals surface area contributed by atoms with Crippen LogP contribution in [0.2, 0.25) is 0 Å². The molecule has 1 N–H and O–H groups in total. The highest BCUT2D eigenvalue weighted by molar-refractivity contribution is 6.01. The van der Waals surface area contributed by atoms with E-state index in [-0.39, 0.29) is 29.8 Å². The highest BCUT2D eigenvalue weighted by Gasteiger charge is 2.22. The van der Waals surface area contributed by atoms with Crippen LogP contribution in [0.15, 0.2) is 24.3 Å². The maximum absolute atomic E-state index is 12.6.